The van der Waals surface area contributed by atoms with Gasteiger partial charge in [0, 0.05) is 12.7 Å². The number of hydrogen-bond donors (Lipinski definition) is 1. The first-order valence-electron chi connectivity index (χ1n) is 5.32. The predicted molar refractivity (Wildman–Crippen MR) is 64.2 cm³/mol. The van der Waals surface area contributed by atoms with Crippen LogP contribution in [0.25, 0.3) is 0 Å². The molecule has 1 heterocycles. The van der Waals surface area contributed by atoms with Crippen molar-refractivity contribution in [3.63, 3.8) is 0 Å². The van der Waals surface area contributed by atoms with E-state index in [0.29, 0.717) is 6.54 Å². The lowest BCUT2D eigenvalue weighted by Gasteiger charge is -2.06. The summed E-state index contributed by atoms with van der Waals surface area (Å²) in [5, 5.41) is 11.4. The standard InChI is InChI=1S/C12H16N4/c1-9-4-6-11(7-5-9)13-8-12-15-14-10(2)16(12)3/h4-7,13H,8H2,1-3H3. The number of anilines is 1. The zero-order valence-electron chi connectivity index (χ0n) is 9.86. The Hall–Kier alpha value is -1.84. The maximum absolute atomic E-state index is 4.10. The highest BCUT2D eigenvalue weighted by Crippen LogP contribution is 2.09. The summed E-state index contributed by atoms with van der Waals surface area (Å²) in [4.78, 5) is 0. The quantitative estimate of drug-likeness (QED) is 0.853. The van der Waals surface area contributed by atoms with Gasteiger partial charge in [0.05, 0.1) is 6.54 Å². The van der Waals surface area contributed by atoms with Crippen LogP contribution in [0.5, 0.6) is 0 Å². The minimum Gasteiger partial charge on any atom is -0.378 e. The third-order valence-electron chi connectivity index (χ3n) is 2.68. The van der Waals surface area contributed by atoms with Crippen LogP contribution in [0.4, 0.5) is 5.69 Å². The van der Waals surface area contributed by atoms with E-state index >= 15 is 0 Å². The van der Waals surface area contributed by atoms with Crippen LogP contribution in [0.2, 0.25) is 0 Å². The second kappa shape index (κ2) is 4.35. The van der Waals surface area contributed by atoms with Gasteiger partial charge in [0.2, 0.25) is 0 Å². The lowest BCUT2D eigenvalue weighted by Crippen LogP contribution is -2.06. The van der Waals surface area contributed by atoms with E-state index < -0.39 is 0 Å². The average molecular weight is 216 g/mol. The van der Waals surface area contributed by atoms with Crippen LogP contribution >= 0.6 is 0 Å². The van der Waals surface area contributed by atoms with Gasteiger partial charge >= 0.3 is 0 Å². The van der Waals surface area contributed by atoms with Gasteiger partial charge in [0.1, 0.15) is 5.82 Å². The summed E-state index contributed by atoms with van der Waals surface area (Å²) in [5.74, 6) is 1.87. The first kappa shape index (κ1) is 10.7. The van der Waals surface area contributed by atoms with Crippen molar-refractivity contribution in [1.82, 2.24) is 14.8 Å². The van der Waals surface area contributed by atoms with Crippen molar-refractivity contribution in [1.29, 1.82) is 0 Å². The van der Waals surface area contributed by atoms with Crippen LogP contribution in [-0.4, -0.2) is 14.8 Å². The average Bonchev–Trinajstić information content (AvgIpc) is 2.60. The molecular weight excluding hydrogens is 200 g/mol. The summed E-state index contributed by atoms with van der Waals surface area (Å²) in [5.41, 5.74) is 2.37. The van der Waals surface area contributed by atoms with E-state index in [-0.39, 0.29) is 0 Å². The number of aryl methyl sites for hydroxylation is 2. The van der Waals surface area contributed by atoms with E-state index in [2.05, 4.69) is 46.7 Å². The number of rotatable bonds is 3. The van der Waals surface area contributed by atoms with Crippen LogP contribution in [0.1, 0.15) is 17.2 Å². The molecule has 0 spiro atoms. The number of hydrogen-bond acceptors (Lipinski definition) is 3. The molecule has 0 saturated carbocycles. The molecule has 0 saturated heterocycles. The van der Waals surface area contributed by atoms with Crippen LogP contribution in [0, 0.1) is 13.8 Å². The number of nitrogens with zero attached hydrogens (tertiary/aromatic N) is 3. The molecule has 0 unspecified atom stereocenters. The first-order chi connectivity index (χ1) is 7.66. The molecule has 0 aliphatic carbocycles. The third kappa shape index (κ3) is 2.21. The molecule has 0 aliphatic heterocycles. The zero-order valence-corrected chi connectivity index (χ0v) is 9.86. The summed E-state index contributed by atoms with van der Waals surface area (Å²) in [6.07, 6.45) is 0. The third-order valence-corrected chi connectivity index (χ3v) is 2.68. The molecule has 1 N–H and O–H groups in total. The van der Waals surface area contributed by atoms with Crippen LogP contribution in [0.3, 0.4) is 0 Å². The summed E-state index contributed by atoms with van der Waals surface area (Å²) in [6.45, 7) is 4.72. The molecule has 1 aromatic heterocycles. The van der Waals surface area contributed by atoms with E-state index in [1.54, 1.807) is 0 Å². The van der Waals surface area contributed by atoms with Crippen LogP contribution in [-0.2, 0) is 13.6 Å². The Morgan fingerprint density at radius 2 is 1.81 bits per heavy atom. The van der Waals surface area contributed by atoms with E-state index in [1.807, 2.05) is 18.5 Å². The molecule has 0 bridgehead atoms. The summed E-state index contributed by atoms with van der Waals surface area (Å²) in [6, 6.07) is 8.31. The molecule has 0 amide bonds. The highest BCUT2D eigenvalue weighted by Gasteiger charge is 2.03. The van der Waals surface area contributed by atoms with Crippen molar-refractivity contribution in [2.24, 2.45) is 7.05 Å². The largest absolute Gasteiger partial charge is 0.378 e. The second-order valence-electron chi connectivity index (χ2n) is 3.94. The van der Waals surface area contributed by atoms with Gasteiger partial charge < -0.3 is 9.88 Å². The molecule has 4 nitrogen and oxygen atoms in total. The molecule has 4 heteroatoms. The van der Waals surface area contributed by atoms with Crippen molar-refractivity contribution in [3.05, 3.63) is 41.5 Å². The Kier molecular flexibility index (Phi) is 2.90. The molecule has 0 atom stereocenters. The summed E-state index contributed by atoms with van der Waals surface area (Å²) < 4.78 is 1.99. The highest BCUT2D eigenvalue weighted by molar-refractivity contribution is 5.44. The monoisotopic (exact) mass is 216 g/mol. The Labute approximate surface area is 95.3 Å². The maximum Gasteiger partial charge on any atom is 0.152 e. The number of nitrogens with one attached hydrogen (secondary N) is 1. The lowest BCUT2D eigenvalue weighted by molar-refractivity contribution is 0.789. The molecule has 0 fully saturated rings. The SMILES string of the molecule is Cc1ccc(NCc2nnc(C)n2C)cc1. The Balaban J connectivity index is 2.02. The Bertz CT molecular complexity index is 470. The van der Waals surface area contributed by atoms with Gasteiger partial charge in [0.25, 0.3) is 0 Å². The van der Waals surface area contributed by atoms with E-state index in [1.165, 1.54) is 5.56 Å². The molecule has 1 aromatic carbocycles. The molecule has 0 radical (unpaired) electrons. The van der Waals surface area contributed by atoms with Crippen LogP contribution in [0.15, 0.2) is 24.3 Å². The lowest BCUT2D eigenvalue weighted by atomic mass is 10.2. The Morgan fingerprint density at radius 3 is 2.38 bits per heavy atom. The van der Waals surface area contributed by atoms with Crippen LogP contribution < -0.4 is 5.32 Å². The van der Waals surface area contributed by atoms with Gasteiger partial charge in [-0.25, -0.2) is 0 Å². The molecule has 2 rings (SSSR count). The van der Waals surface area contributed by atoms with E-state index in [0.717, 1.165) is 17.3 Å². The van der Waals surface area contributed by atoms with Crippen molar-refractivity contribution in [2.45, 2.75) is 20.4 Å². The molecule has 16 heavy (non-hydrogen) atoms. The molecule has 2 aromatic rings. The predicted octanol–water partition coefficient (Wildman–Crippen LogP) is 2.04. The fraction of sp³-hybridized carbons (Fsp3) is 0.333. The molecular formula is C12H16N4. The van der Waals surface area contributed by atoms with Gasteiger partial charge in [-0.15, -0.1) is 10.2 Å². The maximum atomic E-state index is 4.10. The van der Waals surface area contributed by atoms with Gasteiger partial charge in [-0.2, -0.15) is 0 Å². The van der Waals surface area contributed by atoms with Crippen molar-refractivity contribution >= 4 is 5.69 Å². The second-order valence-corrected chi connectivity index (χ2v) is 3.94. The van der Waals surface area contributed by atoms with Crippen molar-refractivity contribution in [2.75, 3.05) is 5.32 Å². The fourth-order valence-corrected chi connectivity index (χ4v) is 1.46. The minimum absolute atomic E-state index is 0.695. The Morgan fingerprint density at radius 1 is 1.12 bits per heavy atom. The van der Waals surface area contributed by atoms with E-state index in [9.17, 15) is 0 Å². The van der Waals surface area contributed by atoms with Crippen molar-refractivity contribution < 1.29 is 0 Å². The summed E-state index contributed by atoms with van der Waals surface area (Å²) in [7, 11) is 1.97. The molecule has 0 aliphatic rings. The normalized spacial score (nSPS) is 10.4. The van der Waals surface area contributed by atoms with E-state index in [4.69, 9.17) is 0 Å². The van der Waals surface area contributed by atoms with Gasteiger partial charge in [-0.1, -0.05) is 17.7 Å². The van der Waals surface area contributed by atoms with Gasteiger partial charge in [-0.05, 0) is 26.0 Å². The number of benzene rings is 1. The fourth-order valence-electron chi connectivity index (χ4n) is 1.46. The smallest absolute Gasteiger partial charge is 0.152 e. The van der Waals surface area contributed by atoms with Gasteiger partial charge in [0.15, 0.2) is 5.82 Å². The molecule has 84 valence electrons. The topological polar surface area (TPSA) is 42.7 Å². The number of aromatic nitrogens is 3. The van der Waals surface area contributed by atoms with Crippen molar-refractivity contribution in [3.8, 4) is 0 Å². The minimum atomic E-state index is 0.695. The summed E-state index contributed by atoms with van der Waals surface area (Å²) >= 11 is 0. The first-order valence-corrected chi connectivity index (χ1v) is 5.32. The zero-order chi connectivity index (χ0) is 11.5. The highest BCUT2D eigenvalue weighted by atomic mass is 15.3. The van der Waals surface area contributed by atoms with Gasteiger partial charge in [-0.3, -0.25) is 0 Å².